The first kappa shape index (κ1) is 16.5. The molecule has 1 aliphatic heterocycles. The second kappa shape index (κ2) is 6.93. The van der Waals surface area contributed by atoms with Crippen molar-refractivity contribution < 1.29 is 4.79 Å². The fourth-order valence-corrected chi connectivity index (χ4v) is 3.13. The molecule has 2 atom stereocenters. The summed E-state index contributed by atoms with van der Waals surface area (Å²) < 4.78 is 1.05. The summed E-state index contributed by atoms with van der Waals surface area (Å²) in [5, 5.41) is 6.57. The van der Waals surface area contributed by atoms with E-state index in [1.54, 1.807) is 0 Å². The van der Waals surface area contributed by atoms with E-state index in [4.69, 9.17) is 0 Å². The third kappa shape index (κ3) is 4.07. The van der Waals surface area contributed by atoms with Crippen LogP contribution in [0.1, 0.15) is 45.2 Å². The molecule has 3 nitrogen and oxygen atoms in total. The van der Waals surface area contributed by atoms with E-state index in [9.17, 15) is 4.79 Å². The standard InChI is InChI=1S/C17H25BrN2O/c1-12(13-6-8-15(18)9-7-13)20-16(21)17(2,3)14-5-4-10-19-11-14/h6-9,12,14,19H,4-5,10-11H2,1-3H3,(H,20,21)/t12-,14?/m0/s1. The molecule has 1 saturated heterocycles. The molecule has 0 aliphatic carbocycles. The monoisotopic (exact) mass is 352 g/mol. The molecule has 0 radical (unpaired) electrons. The van der Waals surface area contributed by atoms with Gasteiger partial charge in [0.25, 0.3) is 0 Å². The Balaban J connectivity index is 2.00. The van der Waals surface area contributed by atoms with E-state index in [0.717, 1.165) is 36.0 Å². The van der Waals surface area contributed by atoms with Crippen LogP contribution in [-0.4, -0.2) is 19.0 Å². The average molecular weight is 353 g/mol. The molecule has 1 unspecified atom stereocenters. The highest BCUT2D eigenvalue weighted by Gasteiger charge is 2.37. The van der Waals surface area contributed by atoms with Crippen molar-refractivity contribution in [3.63, 3.8) is 0 Å². The first-order chi connectivity index (χ1) is 9.91. The summed E-state index contributed by atoms with van der Waals surface area (Å²) in [6, 6.07) is 8.14. The Kier molecular flexibility index (Phi) is 5.44. The summed E-state index contributed by atoms with van der Waals surface area (Å²) in [5.74, 6) is 0.551. The molecule has 2 rings (SSSR count). The maximum Gasteiger partial charge on any atom is 0.226 e. The van der Waals surface area contributed by atoms with Crippen LogP contribution in [0.2, 0.25) is 0 Å². The van der Waals surface area contributed by atoms with Crippen molar-refractivity contribution in [1.82, 2.24) is 10.6 Å². The zero-order valence-electron chi connectivity index (χ0n) is 13.1. The van der Waals surface area contributed by atoms with Crippen LogP contribution in [0.25, 0.3) is 0 Å². The highest BCUT2D eigenvalue weighted by molar-refractivity contribution is 9.10. The number of carbonyl (C=O) groups excluding carboxylic acids is 1. The van der Waals surface area contributed by atoms with E-state index in [1.807, 2.05) is 31.2 Å². The zero-order valence-corrected chi connectivity index (χ0v) is 14.7. The Morgan fingerprint density at radius 2 is 2.05 bits per heavy atom. The minimum atomic E-state index is -0.336. The van der Waals surface area contributed by atoms with Gasteiger partial charge in [-0.2, -0.15) is 0 Å². The number of rotatable bonds is 4. The van der Waals surface area contributed by atoms with Gasteiger partial charge in [-0.15, -0.1) is 0 Å². The molecule has 21 heavy (non-hydrogen) atoms. The van der Waals surface area contributed by atoms with Crippen LogP contribution >= 0.6 is 15.9 Å². The van der Waals surface area contributed by atoms with E-state index in [2.05, 4.69) is 40.4 Å². The predicted octanol–water partition coefficient (Wildman–Crippen LogP) is 3.65. The van der Waals surface area contributed by atoms with Crippen LogP contribution in [-0.2, 0) is 4.79 Å². The van der Waals surface area contributed by atoms with Crippen LogP contribution < -0.4 is 10.6 Å². The lowest BCUT2D eigenvalue weighted by atomic mass is 9.74. The molecule has 1 aliphatic rings. The SMILES string of the molecule is C[C@H](NC(=O)C(C)(C)C1CCCNC1)c1ccc(Br)cc1. The topological polar surface area (TPSA) is 41.1 Å². The molecule has 116 valence electrons. The Bertz CT molecular complexity index is 478. The number of hydrogen-bond donors (Lipinski definition) is 2. The smallest absolute Gasteiger partial charge is 0.226 e. The highest BCUT2D eigenvalue weighted by atomic mass is 79.9. The number of amides is 1. The number of benzene rings is 1. The highest BCUT2D eigenvalue weighted by Crippen LogP contribution is 2.32. The third-order valence-corrected chi connectivity index (χ3v) is 5.15. The number of nitrogens with one attached hydrogen (secondary N) is 2. The van der Waals surface area contributed by atoms with Crippen molar-refractivity contribution in [2.24, 2.45) is 11.3 Å². The summed E-state index contributed by atoms with van der Waals surface area (Å²) in [4.78, 5) is 12.7. The maximum absolute atomic E-state index is 12.7. The lowest BCUT2D eigenvalue weighted by Gasteiger charge is -2.36. The number of piperidine rings is 1. The van der Waals surface area contributed by atoms with E-state index in [0.29, 0.717) is 5.92 Å². The van der Waals surface area contributed by atoms with Gasteiger partial charge in [-0.1, -0.05) is 41.9 Å². The quantitative estimate of drug-likeness (QED) is 0.868. The molecule has 0 aromatic heterocycles. The second-order valence-electron chi connectivity index (χ2n) is 6.51. The van der Waals surface area contributed by atoms with Crippen molar-refractivity contribution in [3.05, 3.63) is 34.3 Å². The van der Waals surface area contributed by atoms with Crippen LogP contribution in [0, 0.1) is 11.3 Å². The van der Waals surface area contributed by atoms with Crippen LogP contribution in [0.3, 0.4) is 0 Å². The summed E-state index contributed by atoms with van der Waals surface area (Å²) in [6.07, 6.45) is 2.28. The summed E-state index contributed by atoms with van der Waals surface area (Å²) in [6.45, 7) is 8.18. The van der Waals surface area contributed by atoms with Gasteiger partial charge in [0, 0.05) is 9.89 Å². The molecular formula is C17H25BrN2O. The molecule has 0 saturated carbocycles. The Morgan fingerprint density at radius 3 is 2.62 bits per heavy atom. The molecule has 1 aromatic carbocycles. The van der Waals surface area contributed by atoms with Crippen LogP contribution in [0.15, 0.2) is 28.7 Å². The lowest BCUT2D eigenvalue weighted by Crippen LogP contribution is -2.47. The maximum atomic E-state index is 12.7. The fraction of sp³-hybridized carbons (Fsp3) is 0.588. The van der Waals surface area contributed by atoms with E-state index in [1.165, 1.54) is 0 Å². The normalized spacial score (nSPS) is 20.9. The van der Waals surface area contributed by atoms with Gasteiger partial charge >= 0.3 is 0 Å². The van der Waals surface area contributed by atoms with Gasteiger partial charge in [0.05, 0.1) is 6.04 Å². The van der Waals surface area contributed by atoms with Crippen molar-refractivity contribution in [3.8, 4) is 0 Å². The molecular weight excluding hydrogens is 328 g/mol. The average Bonchev–Trinajstić information content (AvgIpc) is 2.48. The Labute approximate surface area is 136 Å². The zero-order chi connectivity index (χ0) is 15.5. The second-order valence-corrected chi connectivity index (χ2v) is 7.43. The molecule has 2 N–H and O–H groups in total. The van der Waals surface area contributed by atoms with Crippen molar-refractivity contribution in [1.29, 1.82) is 0 Å². The fourth-order valence-electron chi connectivity index (χ4n) is 2.87. The number of carbonyl (C=O) groups is 1. The largest absolute Gasteiger partial charge is 0.349 e. The van der Waals surface area contributed by atoms with E-state index >= 15 is 0 Å². The van der Waals surface area contributed by atoms with Gasteiger partial charge in [0.15, 0.2) is 0 Å². The summed E-state index contributed by atoms with van der Waals surface area (Å²) >= 11 is 3.43. The predicted molar refractivity (Wildman–Crippen MR) is 90.1 cm³/mol. The molecule has 1 amide bonds. The van der Waals surface area contributed by atoms with Crippen molar-refractivity contribution >= 4 is 21.8 Å². The molecule has 1 fully saturated rings. The molecule has 0 spiro atoms. The van der Waals surface area contributed by atoms with Gasteiger partial charge in [-0.25, -0.2) is 0 Å². The summed E-state index contributed by atoms with van der Waals surface area (Å²) in [5.41, 5.74) is 0.793. The number of hydrogen-bond acceptors (Lipinski definition) is 2. The summed E-state index contributed by atoms with van der Waals surface area (Å²) in [7, 11) is 0. The first-order valence-electron chi connectivity index (χ1n) is 7.68. The van der Waals surface area contributed by atoms with Gasteiger partial charge in [-0.05, 0) is 56.5 Å². The van der Waals surface area contributed by atoms with E-state index < -0.39 is 0 Å². The first-order valence-corrected chi connectivity index (χ1v) is 8.47. The van der Waals surface area contributed by atoms with Crippen LogP contribution in [0.4, 0.5) is 0 Å². The Morgan fingerprint density at radius 1 is 1.38 bits per heavy atom. The molecule has 1 heterocycles. The van der Waals surface area contributed by atoms with Crippen molar-refractivity contribution in [2.75, 3.05) is 13.1 Å². The van der Waals surface area contributed by atoms with E-state index in [-0.39, 0.29) is 17.4 Å². The lowest BCUT2D eigenvalue weighted by molar-refractivity contribution is -0.133. The molecule has 0 bridgehead atoms. The van der Waals surface area contributed by atoms with Crippen LogP contribution in [0.5, 0.6) is 0 Å². The van der Waals surface area contributed by atoms with Gasteiger partial charge < -0.3 is 10.6 Å². The Hall–Kier alpha value is -0.870. The number of halogens is 1. The third-order valence-electron chi connectivity index (χ3n) is 4.62. The van der Waals surface area contributed by atoms with Gasteiger partial charge in [0.1, 0.15) is 0 Å². The molecule has 4 heteroatoms. The molecule has 1 aromatic rings. The minimum absolute atomic E-state index is 0.0291. The van der Waals surface area contributed by atoms with Gasteiger partial charge in [0.2, 0.25) is 5.91 Å². The van der Waals surface area contributed by atoms with Gasteiger partial charge in [-0.3, -0.25) is 4.79 Å². The van der Waals surface area contributed by atoms with Crippen molar-refractivity contribution in [2.45, 2.75) is 39.7 Å². The minimum Gasteiger partial charge on any atom is -0.349 e.